The molecule has 4 rings (SSSR count). The van der Waals surface area contributed by atoms with E-state index in [1.54, 1.807) is 37.8 Å². The predicted molar refractivity (Wildman–Crippen MR) is 169 cm³/mol. The van der Waals surface area contributed by atoms with Gasteiger partial charge in [0.25, 0.3) is 0 Å². The topological polar surface area (TPSA) is 136 Å². The highest BCUT2D eigenvalue weighted by Gasteiger charge is 2.57. The van der Waals surface area contributed by atoms with Gasteiger partial charge in [0.1, 0.15) is 17.4 Å². The molecule has 3 N–H and O–H groups in total. The highest BCUT2D eigenvalue weighted by atomic mass is 16.6. The Hall–Kier alpha value is -4.18. The van der Waals surface area contributed by atoms with E-state index >= 15 is 0 Å². The lowest BCUT2D eigenvalue weighted by Crippen LogP contribution is -2.66. The lowest BCUT2D eigenvalue weighted by atomic mass is 9.86. The second-order valence-electron chi connectivity index (χ2n) is 13.8. The first kappa shape index (κ1) is 33.7. The van der Waals surface area contributed by atoms with Crippen LogP contribution in [-0.2, 0) is 25.7 Å². The van der Waals surface area contributed by atoms with Gasteiger partial charge in [-0.1, -0.05) is 76.6 Å². The number of hydrogen-bond donors (Lipinski definition) is 3. The first-order valence-corrected chi connectivity index (χ1v) is 15.5. The SMILES string of the molecule is CCCCC1(N2C(=O)CCC2=O)NC(C(O)C(C)(C)C)=C(C(=O)O)N1Cc1ccc(-c2ccccc2C(=O)OC(C)(C)C)cc1. The molecule has 0 radical (unpaired) electrons. The number of carbonyl (C=O) groups excluding carboxylic acids is 3. The van der Waals surface area contributed by atoms with E-state index in [0.717, 1.165) is 12.0 Å². The first-order valence-electron chi connectivity index (χ1n) is 15.5. The zero-order valence-electron chi connectivity index (χ0n) is 27.3. The van der Waals surface area contributed by atoms with Crippen molar-refractivity contribution in [2.45, 2.75) is 105 Å². The van der Waals surface area contributed by atoms with Crippen molar-refractivity contribution < 1.29 is 34.1 Å². The number of ether oxygens (including phenoxy) is 1. The Balaban J connectivity index is 1.80. The summed E-state index contributed by atoms with van der Waals surface area (Å²) in [4.78, 5) is 55.1. The van der Waals surface area contributed by atoms with Crippen molar-refractivity contribution >= 4 is 23.8 Å². The maximum atomic E-state index is 13.2. The Bertz CT molecular complexity index is 1480. The molecule has 242 valence electrons. The minimum atomic E-state index is -1.50. The highest BCUT2D eigenvalue weighted by Crippen LogP contribution is 2.42. The number of nitrogens with zero attached hydrogens (tertiary/aromatic N) is 2. The van der Waals surface area contributed by atoms with E-state index in [9.17, 15) is 29.4 Å². The number of unbranched alkanes of at least 4 members (excludes halogenated alkanes) is 1. The van der Waals surface area contributed by atoms with Crippen LogP contribution in [0.1, 0.15) is 96.5 Å². The van der Waals surface area contributed by atoms with Gasteiger partial charge in [-0.05, 0) is 55.4 Å². The molecule has 0 bridgehead atoms. The number of amides is 2. The largest absolute Gasteiger partial charge is 0.477 e. The van der Waals surface area contributed by atoms with Gasteiger partial charge >= 0.3 is 11.9 Å². The summed E-state index contributed by atoms with van der Waals surface area (Å²) >= 11 is 0. The van der Waals surface area contributed by atoms with Crippen molar-refractivity contribution in [3.63, 3.8) is 0 Å². The van der Waals surface area contributed by atoms with E-state index in [4.69, 9.17) is 4.74 Å². The summed E-state index contributed by atoms with van der Waals surface area (Å²) in [6.45, 7) is 12.8. The number of carboxylic acids is 1. The molecule has 0 aliphatic carbocycles. The number of aliphatic carboxylic acids is 1. The number of esters is 1. The van der Waals surface area contributed by atoms with E-state index < -0.39 is 34.8 Å². The van der Waals surface area contributed by atoms with Crippen LogP contribution < -0.4 is 5.32 Å². The molecule has 2 heterocycles. The van der Waals surface area contributed by atoms with Crippen molar-refractivity contribution in [2.24, 2.45) is 5.41 Å². The number of imide groups is 1. The van der Waals surface area contributed by atoms with E-state index in [-0.39, 0.29) is 49.0 Å². The van der Waals surface area contributed by atoms with Gasteiger partial charge in [0, 0.05) is 25.8 Å². The lowest BCUT2D eigenvalue weighted by molar-refractivity contribution is -0.159. The van der Waals surface area contributed by atoms with Crippen LogP contribution in [0.3, 0.4) is 0 Å². The van der Waals surface area contributed by atoms with Crippen LogP contribution in [0.2, 0.25) is 0 Å². The molecule has 2 aliphatic heterocycles. The molecule has 10 nitrogen and oxygen atoms in total. The third kappa shape index (κ3) is 6.91. The van der Waals surface area contributed by atoms with E-state index in [2.05, 4.69) is 5.32 Å². The third-order valence-electron chi connectivity index (χ3n) is 8.05. The number of nitrogens with one attached hydrogen (secondary N) is 1. The molecule has 0 aromatic heterocycles. The molecule has 2 amide bonds. The molecule has 1 saturated heterocycles. The van der Waals surface area contributed by atoms with Gasteiger partial charge in [-0.15, -0.1) is 0 Å². The van der Waals surface area contributed by atoms with Crippen LogP contribution in [0, 0.1) is 5.41 Å². The Morgan fingerprint density at radius 1 is 0.978 bits per heavy atom. The van der Waals surface area contributed by atoms with Crippen molar-refractivity contribution in [3.05, 3.63) is 71.1 Å². The molecular formula is C35H45N3O7. The average molecular weight is 620 g/mol. The van der Waals surface area contributed by atoms with Crippen molar-refractivity contribution in [1.29, 1.82) is 0 Å². The van der Waals surface area contributed by atoms with Crippen molar-refractivity contribution in [1.82, 2.24) is 15.1 Å². The van der Waals surface area contributed by atoms with Gasteiger partial charge < -0.3 is 25.2 Å². The fourth-order valence-electron chi connectivity index (χ4n) is 5.86. The van der Waals surface area contributed by atoms with Crippen LogP contribution in [0.4, 0.5) is 0 Å². The molecule has 2 unspecified atom stereocenters. The minimum absolute atomic E-state index is 0.0315. The number of aliphatic hydroxyl groups excluding tert-OH is 1. The Morgan fingerprint density at radius 3 is 2.11 bits per heavy atom. The number of hydrogen-bond acceptors (Lipinski definition) is 8. The zero-order chi connectivity index (χ0) is 33.3. The molecular weight excluding hydrogens is 574 g/mol. The normalized spacial score (nSPS) is 19.6. The van der Waals surface area contributed by atoms with Crippen LogP contribution in [0.5, 0.6) is 0 Å². The summed E-state index contributed by atoms with van der Waals surface area (Å²) in [5.41, 5.74) is 1.08. The molecule has 45 heavy (non-hydrogen) atoms. The maximum absolute atomic E-state index is 13.2. The molecule has 10 heteroatoms. The molecule has 2 atom stereocenters. The molecule has 1 fully saturated rings. The summed E-state index contributed by atoms with van der Waals surface area (Å²) in [5.74, 6) is -4.00. The van der Waals surface area contributed by atoms with Crippen LogP contribution >= 0.6 is 0 Å². The summed E-state index contributed by atoms with van der Waals surface area (Å²) < 4.78 is 5.61. The van der Waals surface area contributed by atoms with Crippen molar-refractivity contribution in [3.8, 4) is 11.1 Å². The zero-order valence-corrected chi connectivity index (χ0v) is 27.3. The van der Waals surface area contributed by atoms with Crippen LogP contribution in [0.25, 0.3) is 11.1 Å². The molecule has 2 aliphatic rings. The van der Waals surface area contributed by atoms with Crippen molar-refractivity contribution in [2.75, 3.05) is 0 Å². The number of likely N-dealkylation sites (tertiary alicyclic amines) is 1. The smallest absolute Gasteiger partial charge is 0.354 e. The van der Waals surface area contributed by atoms with E-state index in [1.807, 2.05) is 64.1 Å². The summed E-state index contributed by atoms with van der Waals surface area (Å²) in [6.07, 6.45) is 0.445. The molecule has 0 spiro atoms. The first-order chi connectivity index (χ1) is 21.0. The summed E-state index contributed by atoms with van der Waals surface area (Å²) in [5, 5.41) is 25.2. The highest BCUT2D eigenvalue weighted by molar-refractivity contribution is 6.03. The van der Waals surface area contributed by atoms with Gasteiger partial charge in [0.05, 0.1) is 11.3 Å². The molecule has 0 saturated carbocycles. The second-order valence-corrected chi connectivity index (χ2v) is 13.8. The Morgan fingerprint density at radius 2 is 1.58 bits per heavy atom. The second kappa shape index (κ2) is 12.7. The fourth-order valence-corrected chi connectivity index (χ4v) is 5.86. The average Bonchev–Trinajstić information content (AvgIpc) is 3.46. The standard InChI is InChI=1S/C35H45N3O7/c1-8-9-20-35(38-26(39)18-19-27(38)40)36-28(30(41)33(2,3)4)29(31(42)43)37(35)21-22-14-16-23(17-15-22)24-12-10-11-13-25(24)32(44)45-34(5,6)7/h10-17,30,36,41H,8-9,18-21H2,1-7H3,(H,42,43). The maximum Gasteiger partial charge on any atom is 0.354 e. The third-order valence-corrected chi connectivity index (χ3v) is 8.05. The number of carboxylic acid groups (broad SMARTS) is 1. The van der Waals surface area contributed by atoms with Gasteiger partial charge in [-0.3, -0.25) is 9.59 Å². The minimum Gasteiger partial charge on any atom is -0.477 e. The van der Waals surface area contributed by atoms with E-state index in [0.29, 0.717) is 23.1 Å². The number of carbonyl (C=O) groups is 4. The Kier molecular flexibility index (Phi) is 9.49. The summed E-state index contributed by atoms with van der Waals surface area (Å²) in [6, 6.07) is 14.5. The monoisotopic (exact) mass is 619 g/mol. The molecule has 2 aromatic carbocycles. The van der Waals surface area contributed by atoms with Gasteiger partial charge in [0.2, 0.25) is 11.8 Å². The lowest BCUT2D eigenvalue weighted by Gasteiger charge is -2.46. The number of benzene rings is 2. The Labute approximate surface area is 265 Å². The number of aliphatic hydroxyl groups is 1. The van der Waals surface area contributed by atoms with Gasteiger partial charge in [-0.25, -0.2) is 14.5 Å². The fraction of sp³-hybridized carbons (Fsp3) is 0.486. The van der Waals surface area contributed by atoms with Crippen LogP contribution in [-0.4, -0.2) is 61.3 Å². The van der Waals surface area contributed by atoms with Crippen LogP contribution in [0.15, 0.2) is 59.9 Å². The van der Waals surface area contributed by atoms with E-state index in [1.165, 1.54) is 4.90 Å². The summed E-state index contributed by atoms with van der Waals surface area (Å²) in [7, 11) is 0. The quantitative estimate of drug-likeness (QED) is 0.236. The van der Waals surface area contributed by atoms with Gasteiger partial charge in [0.15, 0.2) is 5.79 Å². The molecule has 2 aromatic rings. The number of rotatable bonds is 10. The van der Waals surface area contributed by atoms with Gasteiger partial charge in [-0.2, -0.15) is 0 Å². The predicted octanol–water partition coefficient (Wildman–Crippen LogP) is 5.41.